The van der Waals surface area contributed by atoms with Crippen LogP contribution in [0.5, 0.6) is 0 Å². The van der Waals surface area contributed by atoms with Gasteiger partial charge in [-0.2, -0.15) is 10.1 Å². The lowest BCUT2D eigenvalue weighted by Crippen LogP contribution is -2.25. The third-order valence-electron chi connectivity index (χ3n) is 4.37. The zero-order chi connectivity index (χ0) is 18.8. The number of aromatic amines is 1. The summed E-state index contributed by atoms with van der Waals surface area (Å²) in [7, 11) is 0. The predicted molar refractivity (Wildman–Crippen MR) is 101 cm³/mol. The molecule has 0 fully saturated rings. The van der Waals surface area contributed by atoms with E-state index in [1.807, 2.05) is 30.3 Å². The molecule has 1 amide bonds. The molecule has 7 heteroatoms. The van der Waals surface area contributed by atoms with Crippen LogP contribution in [0.1, 0.15) is 37.0 Å². The Labute approximate surface area is 156 Å². The van der Waals surface area contributed by atoms with Gasteiger partial charge in [-0.25, -0.2) is 0 Å². The summed E-state index contributed by atoms with van der Waals surface area (Å²) in [5, 5.41) is 12.9. The topological polar surface area (TPSA) is 83.5 Å². The molecule has 4 rings (SSSR count). The maximum Gasteiger partial charge on any atom is 0.259 e. The number of aromatic nitrogens is 3. The molecule has 27 heavy (non-hydrogen) atoms. The van der Waals surface area contributed by atoms with Crippen molar-refractivity contribution >= 4 is 11.8 Å². The number of ether oxygens (including phenoxy) is 1. The smallest absolute Gasteiger partial charge is 0.259 e. The van der Waals surface area contributed by atoms with Gasteiger partial charge in [0.1, 0.15) is 11.4 Å². The predicted octanol–water partition coefficient (Wildman–Crippen LogP) is 3.27. The molecule has 1 unspecified atom stereocenters. The van der Waals surface area contributed by atoms with Gasteiger partial charge in [0, 0.05) is 18.7 Å². The number of hydrogen-bond acceptors (Lipinski definition) is 5. The first-order valence-electron chi connectivity index (χ1n) is 8.77. The molecule has 0 radical (unpaired) electrons. The summed E-state index contributed by atoms with van der Waals surface area (Å²) in [6.07, 6.45) is 1.96. The van der Waals surface area contributed by atoms with Gasteiger partial charge in [0.2, 0.25) is 12.1 Å². The summed E-state index contributed by atoms with van der Waals surface area (Å²) < 4.78 is 5.91. The third-order valence-corrected chi connectivity index (χ3v) is 4.37. The van der Waals surface area contributed by atoms with Crippen LogP contribution in [0.15, 0.2) is 59.8 Å². The lowest BCUT2D eigenvalue weighted by Gasteiger charge is -2.17. The zero-order valence-electron chi connectivity index (χ0n) is 15.1. The van der Waals surface area contributed by atoms with Crippen LogP contribution in [0, 0.1) is 0 Å². The Morgan fingerprint density at radius 3 is 2.70 bits per heavy atom. The van der Waals surface area contributed by atoms with E-state index in [2.05, 4.69) is 39.3 Å². The summed E-state index contributed by atoms with van der Waals surface area (Å²) >= 11 is 0. The molecule has 1 atom stereocenters. The molecule has 0 saturated heterocycles. The van der Waals surface area contributed by atoms with Crippen LogP contribution in [-0.2, 0) is 16.0 Å². The molecule has 1 N–H and O–H groups in total. The standard InChI is InChI=1S/C20H19N5O2/c1-3-14-7-9-15(10-8-14)17-12-18(23-22-17)19-24-25(13(2)26)20(27-19)16-6-4-5-11-21-16/h4-12,20H,3H2,1-2H3,(H,22,23). The average molecular weight is 361 g/mol. The quantitative estimate of drug-likeness (QED) is 0.773. The number of amides is 1. The highest BCUT2D eigenvalue weighted by molar-refractivity contribution is 5.95. The Kier molecular flexibility index (Phi) is 4.42. The molecular formula is C20H19N5O2. The van der Waals surface area contributed by atoms with Crippen LogP contribution >= 0.6 is 0 Å². The minimum absolute atomic E-state index is 0.226. The lowest BCUT2D eigenvalue weighted by molar-refractivity contribution is -0.135. The Hall–Kier alpha value is -3.48. The first-order valence-corrected chi connectivity index (χ1v) is 8.77. The molecule has 3 heterocycles. The molecule has 0 bridgehead atoms. The molecule has 1 aliphatic rings. The van der Waals surface area contributed by atoms with Gasteiger partial charge >= 0.3 is 0 Å². The van der Waals surface area contributed by atoms with Crippen molar-refractivity contribution < 1.29 is 9.53 Å². The third kappa shape index (κ3) is 3.31. The van der Waals surface area contributed by atoms with Crippen LogP contribution in [0.3, 0.4) is 0 Å². The van der Waals surface area contributed by atoms with Crippen LogP contribution in [0.25, 0.3) is 11.3 Å². The Morgan fingerprint density at radius 2 is 2.04 bits per heavy atom. The molecule has 136 valence electrons. The molecule has 3 aromatic rings. The van der Waals surface area contributed by atoms with E-state index in [1.165, 1.54) is 17.5 Å². The highest BCUT2D eigenvalue weighted by Crippen LogP contribution is 2.29. The molecule has 2 aromatic heterocycles. The summed E-state index contributed by atoms with van der Waals surface area (Å²) in [6.45, 7) is 3.56. The molecular weight excluding hydrogens is 342 g/mol. The second-order valence-electron chi connectivity index (χ2n) is 6.21. The van der Waals surface area contributed by atoms with Gasteiger partial charge in [0.15, 0.2) is 0 Å². The summed E-state index contributed by atoms with van der Waals surface area (Å²) in [4.78, 5) is 16.3. The van der Waals surface area contributed by atoms with Gasteiger partial charge in [0.05, 0.1) is 5.69 Å². The van der Waals surface area contributed by atoms with E-state index < -0.39 is 6.23 Å². The van der Waals surface area contributed by atoms with E-state index in [0.29, 0.717) is 17.3 Å². The number of rotatable bonds is 4. The molecule has 1 aromatic carbocycles. The summed E-state index contributed by atoms with van der Waals surface area (Å²) in [6, 6.07) is 15.6. The van der Waals surface area contributed by atoms with Crippen molar-refractivity contribution in [1.82, 2.24) is 20.2 Å². The maximum absolute atomic E-state index is 12.0. The molecule has 0 aliphatic carbocycles. The fourth-order valence-electron chi connectivity index (χ4n) is 2.88. The molecule has 7 nitrogen and oxygen atoms in total. The fraction of sp³-hybridized carbons (Fsp3) is 0.200. The van der Waals surface area contributed by atoms with Crippen molar-refractivity contribution in [3.63, 3.8) is 0 Å². The molecule has 0 spiro atoms. The minimum atomic E-state index is -0.686. The van der Waals surface area contributed by atoms with E-state index in [4.69, 9.17) is 4.74 Å². The normalized spacial score (nSPS) is 16.1. The minimum Gasteiger partial charge on any atom is -0.443 e. The van der Waals surface area contributed by atoms with Crippen molar-refractivity contribution in [3.05, 3.63) is 71.7 Å². The number of hydrazone groups is 1. The molecule has 1 aliphatic heterocycles. The maximum atomic E-state index is 12.0. The van der Waals surface area contributed by atoms with Gasteiger partial charge in [0.25, 0.3) is 5.90 Å². The summed E-state index contributed by atoms with van der Waals surface area (Å²) in [5.74, 6) is 0.0836. The summed E-state index contributed by atoms with van der Waals surface area (Å²) in [5.41, 5.74) is 4.27. The van der Waals surface area contributed by atoms with Gasteiger partial charge < -0.3 is 4.74 Å². The fourth-order valence-corrected chi connectivity index (χ4v) is 2.88. The van der Waals surface area contributed by atoms with Gasteiger partial charge in [-0.3, -0.25) is 14.9 Å². The highest BCUT2D eigenvalue weighted by atomic mass is 16.5. The lowest BCUT2D eigenvalue weighted by atomic mass is 10.1. The van der Waals surface area contributed by atoms with Gasteiger partial charge in [-0.15, -0.1) is 5.10 Å². The van der Waals surface area contributed by atoms with E-state index in [0.717, 1.165) is 17.7 Å². The first kappa shape index (κ1) is 17.0. The zero-order valence-corrected chi connectivity index (χ0v) is 15.1. The second-order valence-corrected chi connectivity index (χ2v) is 6.21. The second kappa shape index (κ2) is 7.03. The van der Waals surface area contributed by atoms with E-state index >= 15 is 0 Å². The molecule has 0 saturated carbocycles. The number of pyridine rings is 1. The average Bonchev–Trinajstić information content (AvgIpc) is 3.36. The van der Waals surface area contributed by atoms with E-state index in [1.54, 1.807) is 12.3 Å². The largest absolute Gasteiger partial charge is 0.443 e. The number of aryl methyl sites for hydroxylation is 1. The van der Waals surface area contributed by atoms with Gasteiger partial charge in [-0.1, -0.05) is 37.3 Å². The number of carbonyl (C=O) groups is 1. The number of hydrogen-bond donors (Lipinski definition) is 1. The van der Waals surface area contributed by atoms with Crippen molar-refractivity contribution in [2.24, 2.45) is 5.10 Å². The number of H-pyrrole nitrogens is 1. The Morgan fingerprint density at radius 1 is 1.22 bits per heavy atom. The van der Waals surface area contributed by atoms with Crippen molar-refractivity contribution in [2.75, 3.05) is 0 Å². The van der Waals surface area contributed by atoms with Gasteiger partial charge in [-0.05, 0) is 30.2 Å². The first-order chi connectivity index (χ1) is 13.2. The number of nitrogens with one attached hydrogen (secondary N) is 1. The van der Waals surface area contributed by atoms with Crippen molar-refractivity contribution in [1.29, 1.82) is 0 Å². The van der Waals surface area contributed by atoms with Crippen molar-refractivity contribution in [2.45, 2.75) is 26.5 Å². The highest BCUT2D eigenvalue weighted by Gasteiger charge is 2.34. The van der Waals surface area contributed by atoms with Crippen molar-refractivity contribution in [3.8, 4) is 11.3 Å². The SMILES string of the molecule is CCc1ccc(-c2cc(C3=NN(C(C)=O)C(c4ccccn4)O3)[nH]n2)cc1. The van der Waals surface area contributed by atoms with E-state index in [9.17, 15) is 4.79 Å². The monoisotopic (exact) mass is 361 g/mol. The number of nitrogens with zero attached hydrogens (tertiary/aromatic N) is 4. The van der Waals surface area contributed by atoms with E-state index in [-0.39, 0.29) is 5.91 Å². The number of benzene rings is 1. The van der Waals surface area contributed by atoms with Crippen LogP contribution < -0.4 is 0 Å². The Balaban J connectivity index is 1.61. The van der Waals surface area contributed by atoms with Crippen LogP contribution in [0.2, 0.25) is 0 Å². The van der Waals surface area contributed by atoms with Crippen LogP contribution in [0.4, 0.5) is 0 Å². The Bertz CT molecular complexity index is 979. The number of carbonyl (C=O) groups excluding carboxylic acids is 1. The van der Waals surface area contributed by atoms with Crippen LogP contribution in [-0.4, -0.2) is 32.0 Å².